The summed E-state index contributed by atoms with van der Waals surface area (Å²) in [5, 5.41) is 9.08. The fourth-order valence-electron chi connectivity index (χ4n) is 1.65. The molecule has 0 bridgehead atoms. The first-order chi connectivity index (χ1) is 9.60. The number of halogens is 1. The summed E-state index contributed by atoms with van der Waals surface area (Å²) in [4.78, 5) is 11.9. The van der Waals surface area contributed by atoms with Crippen molar-refractivity contribution in [1.29, 1.82) is 5.26 Å². The number of Topliss-reactive ketones (excluding diaryl/α,β-unsaturated/α-hetero) is 1. The summed E-state index contributed by atoms with van der Waals surface area (Å²) >= 11 is 5.89. The number of hydrogen-bond donors (Lipinski definition) is 0. The van der Waals surface area contributed by atoms with Crippen molar-refractivity contribution in [3.05, 3.63) is 64.2 Å². The van der Waals surface area contributed by atoms with Crippen LogP contribution in [0.4, 0.5) is 0 Å². The van der Waals surface area contributed by atoms with Crippen molar-refractivity contribution in [2.75, 3.05) is 6.61 Å². The van der Waals surface area contributed by atoms with Gasteiger partial charge in [0.1, 0.15) is 11.8 Å². The van der Waals surface area contributed by atoms with E-state index in [0.29, 0.717) is 21.9 Å². The Hall–Kier alpha value is -2.31. The van der Waals surface area contributed by atoms with E-state index in [1.165, 1.54) is 6.07 Å². The van der Waals surface area contributed by atoms with Gasteiger partial charge in [0.25, 0.3) is 0 Å². The van der Waals surface area contributed by atoms with E-state index >= 15 is 0 Å². The first-order valence-corrected chi connectivity index (χ1v) is 6.40. The Kier molecular flexibility index (Phi) is 4.39. The number of nitriles is 1. The molecule has 2 aromatic rings. The second-order valence-electron chi connectivity index (χ2n) is 4.33. The van der Waals surface area contributed by atoms with Gasteiger partial charge in [-0.1, -0.05) is 41.4 Å². The monoisotopic (exact) mass is 285 g/mol. The molecule has 0 atom stereocenters. The van der Waals surface area contributed by atoms with E-state index < -0.39 is 0 Å². The number of nitrogens with zero attached hydrogens (tertiary/aromatic N) is 1. The van der Waals surface area contributed by atoms with Gasteiger partial charge >= 0.3 is 0 Å². The summed E-state index contributed by atoms with van der Waals surface area (Å²) in [5.74, 6) is 0.361. The number of benzene rings is 2. The Balaban J connectivity index is 2.02. The number of hydrogen-bond acceptors (Lipinski definition) is 3. The number of rotatable bonds is 4. The van der Waals surface area contributed by atoms with Gasteiger partial charge in [-0.15, -0.1) is 0 Å². The van der Waals surface area contributed by atoms with Crippen molar-refractivity contribution in [3.63, 3.8) is 0 Å². The molecule has 4 heteroatoms. The van der Waals surface area contributed by atoms with E-state index in [1.54, 1.807) is 24.3 Å². The molecule has 0 amide bonds. The molecule has 0 radical (unpaired) electrons. The first kappa shape index (κ1) is 14.1. The maximum absolute atomic E-state index is 11.9. The molecule has 0 spiro atoms. The third-order valence-electron chi connectivity index (χ3n) is 2.80. The second-order valence-corrected chi connectivity index (χ2v) is 4.74. The van der Waals surface area contributed by atoms with Crippen molar-refractivity contribution in [2.24, 2.45) is 0 Å². The van der Waals surface area contributed by atoms with E-state index in [1.807, 2.05) is 25.1 Å². The van der Waals surface area contributed by atoms with E-state index in [-0.39, 0.29) is 12.4 Å². The van der Waals surface area contributed by atoms with E-state index in [2.05, 4.69) is 0 Å². The SMILES string of the molecule is Cc1ccc(C(=O)COc2ccc(C#N)c(Cl)c2)cc1. The third-order valence-corrected chi connectivity index (χ3v) is 3.12. The molecule has 0 aliphatic heterocycles. The summed E-state index contributed by atoms with van der Waals surface area (Å²) in [6.45, 7) is 1.90. The Labute approximate surface area is 122 Å². The van der Waals surface area contributed by atoms with Crippen LogP contribution in [0.1, 0.15) is 21.5 Å². The van der Waals surface area contributed by atoms with Crippen LogP contribution in [0.15, 0.2) is 42.5 Å². The average Bonchev–Trinajstić information content (AvgIpc) is 2.45. The van der Waals surface area contributed by atoms with Crippen LogP contribution in [0, 0.1) is 18.3 Å². The van der Waals surface area contributed by atoms with Crippen molar-refractivity contribution in [1.82, 2.24) is 0 Å². The third kappa shape index (κ3) is 3.37. The van der Waals surface area contributed by atoms with Gasteiger partial charge in [0.2, 0.25) is 0 Å². The van der Waals surface area contributed by atoms with Crippen LogP contribution in [0.3, 0.4) is 0 Å². The molecule has 0 aliphatic carbocycles. The molecule has 0 heterocycles. The number of carbonyl (C=O) groups excluding carboxylic acids is 1. The number of ether oxygens (including phenoxy) is 1. The van der Waals surface area contributed by atoms with Crippen LogP contribution < -0.4 is 4.74 Å². The Morgan fingerprint density at radius 1 is 1.25 bits per heavy atom. The molecule has 0 fully saturated rings. The van der Waals surface area contributed by atoms with Crippen LogP contribution in [-0.2, 0) is 0 Å². The molecule has 0 saturated heterocycles. The second kappa shape index (κ2) is 6.23. The fraction of sp³-hybridized carbons (Fsp3) is 0.125. The van der Waals surface area contributed by atoms with E-state index in [4.69, 9.17) is 21.6 Å². The lowest BCUT2D eigenvalue weighted by atomic mass is 10.1. The highest BCUT2D eigenvalue weighted by molar-refractivity contribution is 6.31. The molecule has 3 nitrogen and oxygen atoms in total. The summed E-state index contributed by atoms with van der Waals surface area (Å²) in [6, 6.07) is 14.0. The lowest BCUT2D eigenvalue weighted by Gasteiger charge is -2.06. The Bertz CT molecular complexity index is 672. The molecule has 0 N–H and O–H groups in total. The maximum Gasteiger partial charge on any atom is 0.200 e. The van der Waals surface area contributed by atoms with Crippen molar-refractivity contribution >= 4 is 17.4 Å². The van der Waals surface area contributed by atoms with Gasteiger partial charge < -0.3 is 4.74 Å². The maximum atomic E-state index is 11.9. The molecule has 0 aromatic heterocycles. The molecular formula is C16H12ClNO2. The van der Waals surface area contributed by atoms with Gasteiger partial charge in [-0.05, 0) is 19.1 Å². The van der Waals surface area contributed by atoms with Gasteiger partial charge in [-0.3, -0.25) is 4.79 Å². The van der Waals surface area contributed by atoms with Crippen LogP contribution in [-0.4, -0.2) is 12.4 Å². The molecule has 0 unspecified atom stereocenters. The van der Waals surface area contributed by atoms with Gasteiger partial charge in [-0.2, -0.15) is 5.26 Å². The zero-order valence-corrected chi connectivity index (χ0v) is 11.6. The summed E-state index contributed by atoms with van der Waals surface area (Å²) in [6.07, 6.45) is 0. The standard InChI is InChI=1S/C16H12ClNO2/c1-11-2-4-12(5-3-11)16(19)10-20-14-7-6-13(9-18)15(17)8-14/h2-8H,10H2,1H3. The minimum atomic E-state index is -0.106. The van der Waals surface area contributed by atoms with Gasteiger partial charge in [0, 0.05) is 11.6 Å². The normalized spacial score (nSPS) is 9.85. The molecule has 0 aliphatic rings. The lowest BCUT2D eigenvalue weighted by molar-refractivity contribution is 0.0921. The molecule has 0 saturated carbocycles. The summed E-state index contributed by atoms with van der Waals surface area (Å²) in [7, 11) is 0. The number of ketones is 1. The summed E-state index contributed by atoms with van der Waals surface area (Å²) in [5.41, 5.74) is 2.08. The zero-order chi connectivity index (χ0) is 14.5. The molecule has 2 rings (SSSR count). The molecule has 20 heavy (non-hydrogen) atoms. The minimum Gasteiger partial charge on any atom is -0.485 e. The van der Waals surface area contributed by atoms with Crippen molar-refractivity contribution in [2.45, 2.75) is 6.92 Å². The Morgan fingerprint density at radius 3 is 2.55 bits per heavy atom. The highest BCUT2D eigenvalue weighted by Gasteiger charge is 2.07. The van der Waals surface area contributed by atoms with Crippen LogP contribution in [0.25, 0.3) is 0 Å². The average molecular weight is 286 g/mol. The highest BCUT2D eigenvalue weighted by atomic mass is 35.5. The topological polar surface area (TPSA) is 50.1 Å². The minimum absolute atomic E-state index is 0.0642. The van der Waals surface area contributed by atoms with Crippen LogP contribution >= 0.6 is 11.6 Å². The predicted octanol–water partition coefficient (Wildman–Crippen LogP) is 3.78. The van der Waals surface area contributed by atoms with Crippen LogP contribution in [0.5, 0.6) is 5.75 Å². The van der Waals surface area contributed by atoms with Crippen LogP contribution in [0.2, 0.25) is 5.02 Å². The van der Waals surface area contributed by atoms with Gasteiger partial charge in [0.05, 0.1) is 10.6 Å². The zero-order valence-electron chi connectivity index (χ0n) is 10.9. The quantitative estimate of drug-likeness (QED) is 0.803. The van der Waals surface area contributed by atoms with Crippen molar-refractivity contribution < 1.29 is 9.53 Å². The Morgan fingerprint density at radius 2 is 1.95 bits per heavy atom. The molecule has 2 aromatic carbocycles. The van der Waals surface area contributed by atoms with E-state index in [9.17, 15) is 4.79 Å². The number of aryl methyl sites for hydroxylation is 1. The predicted molar refractivity (Wildman–Crippen MR) is 77.2 cm³/mol. The number of carbonyl (C=O) groups is 1. The molecular weight excluding hydrogens is 274 g/mol. The highest BCUT2D eigenvalue weighted by Crippen LogP contribution is 2.22. The van der Waals surface area contributed by atoms with Crippen molar-refractivity contribution in [3.8, 4) is 11.8 Å². The first-order valence-electron chi connectivity index (χ1n) is 6.02. The largest absolute Gasteiger partial charge is 0.485 e. The summed E-state index contributed by atoms with van der Waals surface area (Å²) < 4.78 is 5.39. The fourth-order valence-corrected chi connectivity index (χ4v) is 1.86. The lowest BCUT2D eigenvalue weighted by Crippen LogP contribution is -2.11. The molecule has 100 valence electrons. The van der Waals surface area contributed by atoms with E-state index in [0.717, 1.165) is 5.56 Å². The van der Waals surface area contributed by atoms with Gasteiger partial charge in [-0.25, -0.2) is 0 Å². The smallest absolute Gasteiger partial charge is 0.200 e. The van der Waals surface area contributed by atoms with Gasteiger partial charge in [0.15, 0.2) is 12.4 Å².